The minimum atomic E-state index is -0.216. The van der Waals surface area contributed by atoms with Crippen molar-refractivity contribution in [3.05, 3.63) is 30.3 Å². The maximum atomic E-state index is 10.9. The molecule has 1 aromatic rings. The molecule has 0 saturated heterocycles. The lowest BCUT2D eigenvalue weighted by atomic mass is 10.3. The zero-order valence-electron chi connectivity index (χ0n) is 7.56. The molecule has 1 rings (SSSR count). The van der Waals surface area contributed by atoms with Gasteiger partial charge in [0.15, 0.2) is 5.75 Å². The average molecular weight is 178 g/mol. The quantitative estimate of drug-likeness (QED) is 0.661. The van der Waals surface area contributed by atoms with E-state index in [0.717, 1.165) is 6.42 Å². The van der Waals surface area contributed by atoms with Gasteiger partial charge in [-0.2, -0.15) is 0 Å². The van der Waals surface area contributed by atoms with Crippen molar-refractivity contribution in [2.75, 3.05) is 0 Å². The SMILES string of the molecule is CCCC(=O)[N]Oc1ccccc1. The molecule has 0 aliphatic rings. The number of amides is 1. The standard InChI is InChI=1S/C10H12NO2/c1-2-6-10(12)11-13-9-7-4-3-5-8-9/h3-5,7-8H,2,6H2,1H3. The molecule has 0 aliphatic heterocycles. The van der Waals surface area contributed by atoms with Crippen LogP contribution < -0.4 is 10.3 Å². The summed E-state index contributed by atoms with van der Waals surface area (Å²) in [6.07, 6.45) is 1.23. The lowest BCUT2D eigenvalue weighted by molar-refractivity contribution is -0.128. The monoisotopic (exact) mass is 178 g/mol. The second kappa shape index (κ2) is 5.19. The average Bonchev–Trinajstić information content (AvgIpc) is 2.17. The fraction of sp³-hybridized carbons (Fsp3) is 0.300. The van der Waals surface area contributed by atoms with Crippen molar-refractivity contribution < 1.29 is 9.63 Å². The minimum absolute atomic E-state index is 0.216. The van der Waals surface area contributed by atoms with Gasteiger partial charge in [-0.25, -0.2) is 0 Å². The highest BCUT2D eigenvalue weighted by Crippen LogP contribution is 2.06. The van der Waals surface area contributed by atoms with E-state index in [1.807, 2.05) is 25.1 Å². The van der Waals surface area contributed by atoms with Crippen LogP contribution in [0.4, 0.5) is 0 Å². The van der Waals surface area contributed by atoms with Gasteiger partial charge in [0.25, 0.3) is 5.91 Å². The van der Waals surface area contributed by atoms with Gasteiger partial charge in [0.2, 0.25) is 0 Å². The van der Waals surface area contributed by atoms with Crippen molar-refractivity contribution >= 4 is 5.91 Å². The zero-order chi connectivity index (χ0) is 9.52. The lowest BCUT2D eigenvalue weighted by Gasteiger charge is -2.01. The maximum absolute atomic E-state index is 10.9. The highest BCUT2D eigenvalue weighted by molar-refractivity contribution is 5.74. The smallest absolute Gasteiger partial charge is 0.281 e. The van der Waals surface area contributed by atoms with E-state index in [0.29, 0.717) is 12.2 Å². The molecule has 0 bridgehead atoms. The molecule has 13 heavy (non-hydrogen) atoms. The van der Waals surface area contributed by atoms with E-state index in [-0.39, 0.29) is 5.91 Å². The number of carbonyl (C=O) groups excluding carboxylic acids is 1. The molecular weight excluding hydrogens is 166 g/mol. The second-order valence-corrected chi connectivity index (χ2v) is 2.64. The molecule has 0 aromatic heterocycles. The number of benzene rings is 1. The number of rotatable bonds is 4. The van der Waals surface area contributed by atoms with Crippen LogP contribution in [0.25, 0.3) is 0 Å². The van der Waals surface area contributed by atoms with Gasteiger partial charge < -0.3 is 4.84 Å². The van der Waals surface area contributed by atoms with Gasteiger partial charge in [-0.05, 0) is 24.0 Å². The first kappa shape index (κ1) is 9.58. The third-order valence-corrected chi connectivity index (χ3v) is 1.46. The molecule has 0 unspecified atom stereocenters. The van der Waals surface area contributed by atoms with E-state index in [9.17, 15) is 4.79 Å². The van der Waals surface area contributed by atoms with Gasteiger partial charge in [0.05, 0.1) is 0 Å². The molecule has 3 heteroatoms. The molecule has 1 amide bonds. The molecule has 0 heterocycles. The molecule has 0 spiro atoms. The number of para-hydroxylation sites is 1. The predicted octanol–water partition coefficient (Wildman–Crippen LogP) is 1.91. The van der Waals surface area contributed by atoms with Crippen LogP contribution in [0.1, 0.15) is 19.8 Å². The highest BCUT2D eigenvalue weighted by atomic mass is 16.7. The summed E-state index contributed by atoms with van der Waals surface area (Å²) in [5.41, 5.74) is 3.45. The van der Waals surface area contributed by atoms with Gasteiger partial charge >= 0.3 is 0 Å². The van der Waals surface area contributed by atoms with Crippen molar-refractivity contribution in [3.8, 4) is 5.75 Å². The Hall–Kier alpha value is -1.51. The Labute approximate surface area is 77.7 Å². The molecule has 3 nitrogen and oxygen atoms in total. The number of hydrogen-bond acceptors (Lipinski definition) is 2. The van der Waals surface area contributed by atoms with Crippen molar-refractivity contribution in [1.82, 2.24) is 5.48 Å². The Bertz CT molecular complexity index is 259. The van der Waals surface area contributed by atoms with Crippen LogP contribution in [0.5, 0.6) is 5.75 Å². The Morgan fingerprint density at radius 1 is 1.38 bits per heavy atom. The second-order valence-electron chi connectivity index (χ2n) is 2.64. The van der Waals surface area contributed by atoms with Crippen LogP contribution in [0.15, 0.2) is 30.3 Å². The molecule has 0 atom stereocenters. The molecule has 69 valence electrons. The normalized spacial score (nSPS) is 9.31. The third kappa shape index (κ3) is 3.60. The number of hydroxylamine groups is 1. The number of nitrogens with zero attached hydrogens (tertiary/aromatic N) is 1. The van der Waals surface area contributed by atoms with E-state index < -0.39 is 0 Å². The minimum Gasteiger partial charge on any atom is -0.354 e. The summed E-state index contributed by atoms with van der Waals surface area (Å²) in [5.74, 6) is 0.373. The van der Waals surface area contributed by atoms with E-state index in [1.165, 1.54) is 0 Å². The van der Waals surface area contributed by atoms with Crippen molar-refractivity contribution in [1.29, 1.82) is 0 Å². The first-order valence-electron chi connectivity index (χ1n) is 4.29. The Morgan fingerprint density at radius 3 is 2.69 bits per heavy atom. The van der Waals surface area contributed by atoms with Gasteiger partial charge in [0.1, 0.15) is 0 Å². The van der Waals surface area contributed by atoms with Gasteiger partial charge in [-0.1, -0.05) is 25.1 Å². The molecule has 1 radical (unpaired) electrons. The first-order valence-corrected chi connectivity index (χ1v) is 4.29. The van der Waals surface area contributed by atoms with Crippen molar-refractivity contribution in [3.63, 3.8) is 0 Å². The first-order chi connectivity index (χ1) is 6.33. The Kier molecular flexibility index (Phi) is 3.82. The molecule has 0 saturated carbocycles. The molecular formula is C10H12NO2. The number of carbonyl (C=O) groups is 1. The van der Waals surface area contributed by atoms with E-state index in [1.54, 1.807) is 12.1 Å². The Balaban J connectivity index is 2.31. The summed E-state index contributed by atoms with van der Waals surface area (Å²) in [6, 6.07) is 9.04. The summed E-state index contributed by atoms with van der Waals surface area (Å²) in [4.78, 5) is 15.8. The summed E-state index contributed by atoms with van der Waals surface area (Å²) < 4.78 is 0. The van der Waals surface area contributed by atoms with E-state index >= 15 is 0 Å². The van der Waals surface area contributed by atoms with Crippen molar-refractivity contribution in [2.45, 2.75) is 19.8 Å². The Morgan fingerprint density at radius 2 is 2.08 bits per heavy atom. The largest absolute Gasteiger partial charge is 0.354 e. The van der Waals surface area contributed by atoms with Crippen LogP contribution in [0.3, 0.4) is 0 Å². The van der Waals surface area contributed by atoms with Gasteiger partial charge in [-0.15, -0.1) is 0 Å². The summed E-state index contributed by atoms with van der Waals surface area (Å²) in [7, 11) is 0. The van der Waals surface area contributed by atoms with Gasteiger partial charge in [0, 0.05) is 6.42 Å². The van der Waals surface area contributed by atoms with E-state index in [2.05, 4.69) is 5.48 Å². The maximum Gasteiger partial charge on any atom is 0.281 e. The summed E-state index contributed by atoms with van der Waals surface area (Å²) >= 11 is 0. The van der Waals surface area contributed by atoms with E-state index in [4.69, 9.17) is 4.84 Å². The summed E-state index contributed by atoms with van der Waals surface area (Å²) in [5, 5.41) is 0. The topological polar surface area (TPSA) is 40.4 Å². The summed E-state index contributed by atoms with van der Waals surface area (Å²) in [6.45, 7) is 1.93. The van der Waals surface area contributed by atoms with Crippen molar-refractivity contribution in [2.24, 2.45) is 0 Å². The lowest BCUT2D eigenvalue weighted by Crippen LogP contribution is -2.18. The fourth-order valence-electron chi connectivity index (χ4n) is 0.844. The van der Waals surface area contributed by atoms with Crippen LogP contribution in [-0.2, 0) is 4.79 Å². The zero-order valence-corrected chi connectivity index (χ0v) is 7.56. The van der Waals surface area contributed by atoms with Crippen LogP contribution in [-0.4, -0.2) is 5.91 Å². The van der Waals surface area contributed by atoms with Crippen LogP contribution in [0.2, 0.25) is 0 Å². The van der Waals surface area contributed by atoms with Crippen LogP contribution in [0, 0.1) is 0 Å². The number of hydrogen-bond donors (Lipinski definition) is 0. The third-order valence-electron chi connectivity index (χ3n) is 1.46. The molecule has 0 aliphatic carbocycles. The highest BCUT2D eigenvalue weighted by Gasteiger charge is 2.02. The molecule has 0 fully saturated rings. The van der Waals surface area contributed by atoms with Gasteiger partial charge in [-0.3, -0.25) is 4.79 Å². The fourth-order valence-corrected chi connectivity index (χ4v) is 0.844. The molecule has 0 N–H and O–H groups in total. The molecule has 1 aromatic carbocycles. The van der Waals surface area contributed by atoms with Crippen LogP contribution >= 0.6 is 0 Å². The predicted molar refractivity (Wildman–Crippen MR) is 49.1 cm³/mol.